The van der Waals surface area contributed by atoms with Crippen molar-refractivity contribution in [2.24, 2.45) is 5.41 Å². The fourth-order valence-electron chi connectivity index (χ4n) is 4.06. The molecule has 0 aliphatic heterocycles. The first-order valence-electron chi connectivity index (χ1n) is 8.34. The number of hydrogen-bond acceptors (Lipinski definition) is 3. The number of rotatable bonds is 2. The molecule has 1 aromatic carbocycles. The number of ketones is 1. The van der Waals surface area contributed by atoms with Gasteiger partial charge in [-0.2, -0.15) is 0 Å². The Hall–Kier alpha value is -1.94. The van der Waals surface area contributed by atoms with E-state index in [1.165, 1.54) is 13.2 Å². The molecule has 2 atom stereocenters. The number of halogens is 1. The Morgan fingerprint density at radius 2 is 2.17 bits per heavy atom. The number of aliphatic hydroxyl groups is 1. The fourth-order valence-corrected chi connectivity index (χ4v) is 4.06. The third kappa shape index (κ3) is 2.69. The molecule has 2 aliphatic rings. The van der Waals surface area contributed by atoms with Gasteiger partial charge in [-0.15, -0.1) is 0 Å². The second kappa shape index (κ2) is 6.17. The third-order valence-electron chi connectivity index (χ3n) is 5.49. The molecule has 2 aliphatic carbocycles. The largest absolute Gasteiger partial charge is 0.494 e. The lowest BCUT2D eigenvalue weighted by Gasteiger charge is -2.45. The van der Waals surface area contributed by atoms with Crippen molar-refractivity contribution in [2.75, 3.05) is 7.11 Å². The molecule has 0 bridgehead atoms. The number of Topliss-reactive ketones (excluding diaryl/α,β-unsaturated/α-hetero) is 1. The van der Waals surface area contributed by atoms with Crippen LogP contribution >= 0.6 is 0 Å². The maximum atomic E-state index is 13.9. The van der Waals surface area contributed by atoms with Gasteiger partial charge in [0.1, 0.15) is 0 Å². The highest BCUT2D eigenvalue weighted by Gasteiger charge is 2.45. The predicted octanol–water partition coefficient (Wildman–Crippen LogP) is 4.06. The standard InChI is InChI=1S/C20H23FO3/c1-12-15-5-4-6-18(22)20(15,2)11-14(19(12)23)9-13-7-8-17(24-3)16(21)10-13/h7-10,18,22H,4-6,11H2,1-3H3/t18-,20-/m0/s1. The smallest absolute Gasteiger partial charge is 0.184 e. The molecule has 3 rings (SSSR count). The van der Waals surface area contributed by atoms with E-state index < -0.39 is 17.3 Å². The van der Waals surface area contributed by atoms with E-state index >= 15 is 0 Å². The average Bonchev–Trinajstić information content (AvgIpc) is 2.55. The third-order valence-corrected chi connectivity index (χ3v) is 5.49. The molecule has 0 amide bonds. The Morgan fingerprint density at radius 3 is 2.83 bits per heavy atom. The fraction of sp³-hybridized carbons (Fsp3) is 0.450. The van der Waals surface area contributed by atoms with Gasteiger partial charge in [0.15, 0.2) is 17.3 Å². The van der Waals surface area contributed by atoms with Gasteiger partial charge in [0.2, 0.25) is 0 Å². The Morgan fingerprint density at radius 1 is 1.42 bits per heavy atom. The van der Waals surface area contributed by atoms with Crippen LogP contribution in [0.1, 0.15) is 45.1 Å². The molecule has 0 unspecified atom stereocenters. The highest BCUT2D eigenvalue weighted by molar-refractivity contribution is 6.12. The Kier molecular flexibility index (Phi) is 4.35. The van der Waals surface area contributed by atoms with Gasteiger partial charge in [-0.3, -0.25) is 4.79 Å². The number of benzene rings is 1. The van der Waals surface area contributed by atoms with Crippen molar-refractivity contribution >= 4 is 11.9 Å². The van der Waals surface area contributed by atoms with Gasteiger partial charge >= 0.3 is 0 Å². The van der Waals surface area contributed by atoms with Crippen LogP contribution in [-0.2, 0) is 4.79 Å². The Labute approximate surface area is 141 Å². The van der Waals surface area contributed by atoms with Crippen LogP contribution in [0.15, 0.2) is 34.9 Å². The summed E-state index contributed by atoms with van der Waals surface area (Å²) in [4.78, 5) is 12.7. The summed E-state index contributed by atoms with van der Waals surface area (Å²) in [5.74, 6) is -0.264. The zero-order chi connectivity index (χ0) is 17.5. The second-order valence-corrected chi connectivity index (χ2v) is 7.00. The topological polar surface area (TPSA) is 46.5 Å². The molecule has 4 heteroatoms. The summed E-state index contributed by atoms with van der Waals surface area (Å²) >= 11 is 0. The van der Waals surface area contributed by atoms with Gasteiger partial charge in [-0.05, 0) is 62.0 Å². The molecule has 24 heavy (non-hydrogen) atoms. The van der Waals surface area contributed by atoms with E-state index in [2.05, 4.69) is 0 Å². The number of allylic oxidation sites excluding steroid dienone is 2. The number of hydrogen-bond donors (Lipinski definition) is 1. The van der Waals surface area contributed by atoms with Crippen LogP contribution in [0.2, 0.25) is 0 Å². The van der Waals surface area contributed by atoms with Gasteiger partial charge in [0, 0.05) is 11.0 Å². The molecule has 3 nitrogen and oxygen atoms in total. The monoisotopic (exact) mass is 330 g/mol. The van der Waals surface area contributed by atoms with E-state index in [4.69, 9.17) is 4.74 Å². The molecule has 0 heterocycles. The number of fused-ring (bicyclic) bond motifs is 1. The Bertz CT molecular complexity index is 747. The lowest BCUT2D eigenvalue weighted by molar-refractivity contribution is -0.113. The van der Waals surface area contributed by atoms with Gasteiger partial charge in [0.25, 0.3) is 0 Å². The van der Waals surface area contributed by atoms with Gasteiger partial charge < -0.3 is 9.84 Å². The number of ether oxygens (including phenoxy) is 1. The lowest BCUT2D eigenvalue weighted by atomic mass is 9.61. The number of carbonyl (C=O) groups is 1. The summed E-state index contributed by atoms with van der Waals surface area (Å²) in [7, 11) is 1.42. The van der Waals surface area contributed by atoms with Crippen molar-refractivity contribution < 1.29 is 19.0 Å². The van der Waals surface area contributed by atoms with Crippen LogP contribution in [0.5, 0.6) is 5.75 Å². The summed E-state index contributed by atoms with van der Waals surface area (Å²) < 4.78 is 18.8. The van der Waals surface area contributed by atoms with Crippen LogP contribution in [0.4, 0.5) is 4.39 Å². The van der Waals surface area contributed by atoms with Crippen molar-refractivity contribution in [3.63, 3.8) is 0 Å². The van der Waals surface area contributed by atoms with E-state index in [0.29, 0.717) is 17.6 Å². The van der Waals surface area contributed by atoms with Gasteiger partial charge in [-0.25, -0.2) is 4.39 Å². The van der Waals surface area contributed by atoms with Crippen LogP contribution < -0.4 is 4.74 Å². The molecule has 1 N–H and O–H groups in total. The first-order valence-corrected chi connectivity index (χ1v) is 8.34. The average molecular weight is 330 g/mol. The van der Waals surface area contributed by atoms with Crippen molar-refractivity contribution in [3.8, 4) is 5.75 Å². The number of methoxy groups -OCH3 is 1. The van der Waals surface area contributed by atoms with E-state index in [-0.39, 0.29) is 11.5 Å². The minimum Gasteiger partial charge on any atom is -0.494 e. The van der Waals surface area contributed by atoms with E-state index in [9.17, 15) is 14.3 Å². The molecular weight excluding hydrogens is 307 g/mol. The second-order valence-electron chi connectivity index (χ2n) is 7.00. The van der Waals surface area contributed by atoms with Crippen LogP contribution in [0.3, 0.4) is 0 Å². The highest BCUT2D eigenvalue weighted by Crippen LogP contribution is 2.50. The Balaban J connectivity index is 2.02. The van der Waals surface area contributed by atoms with E-state index in [1.807, 2.05) is 13.8 Å². The number of aliphatic hydroxyl groups excluding tert-OH is 1. The minimum atomic E-state index is -0.452. The SMILES string of the molecule is COc1ccc(C=C2C[C@@]3(C)C(=C(C)C2=O)CCC[C@@H]3O)cc1F. The number of carbonyl (C=O) groups excluding carboxylic acids is 1. The summed E-state index contributed by atoms with van der Waals surface area (Å²) in [5, 5.41) is 10.5. The molecule has 1 aromatic rings. The predicted molar refractivity (Wildman–Crippen MR) is 91.2 cm³/mol. The molecule has 128 valence electrons. The summed E-state index contributed by atoms with van der Waals surface area (Å²) in [6.45, 7) is 3.88. The zero-order valence-corrected chi connectivity index (χ0v) is 14.4. The molecule has 0 radical (unpaired) electrons. The van der Waals surface area contributed by atoms with Crippen molar-refractivity contribution in [2.45, 2.75) is 45.6 Å². The van der Waals surface area contributed by atoms with Crippen molar-refractivity contribution in [1.29, 1.82) is 0 Å². The van der Waals surface area contributed by atoms with E-state index in [0.717, 1.165) is 30.4 Å². The first-order chi connectivity index (χ1) is 11.4. The summed E-state index contributed by atoms with van der Waals surface area (Å²) in [5.41, 5.74) is 2.69. The maximum absolute atomic E-state index is 13.9. The molecule has 1 fully saturated rings. The highest BCUT2D eigenvalue weighted by atomic mass is 19.1. The normalized spacial score (nSPS) is 29.0. The molecule has 0 saturated heterocycles. The zero-order valence-electron chi connectivity index (χ0n) is 14.4. The van der Waals surface area contributed by atoms with Crippen LogP contribution in [0, 0.1) is 11.2 Å². The van der Waals surface area contributed by atoms with Crippen molar-refractivity contribution in [3.05, 3.63) is 46.3 Å². The maximum Gasteiger partial charge on any atom is 0.184 e. The molecule has 1 saturated carbocycles. The van der Waals surface area contributed by atoms with Crippen LogP contribution in [0.25, 0.3) is 6.08 Å². The lowest BCUT2D eigenvalue weighted by Crippen LogP contribution is -2.42. The summed E-state index contributed by atoms with van der Waals surface area (Å²) in [6.07, 6.45) is 4.33. The van der Waals surface area contributed by atoms with Crippen molar-refractivity contribution in [1.82, 2.24) is 0 Å². The summed E-state index contributed by atoms with van der Waals surface area (Å²) in [6, 6.07) is 4.66. The first kappa shape index (κ1) is 16.9. The molecular formula is C20H23FO3. The van der Waals surface area contributed by atoms with Gasteiger partial charge in [-0.1, -0.05) is 18.6 Å². The molecule has 0 spiro atoms. The van der Waals surface area contributed by atoms with Gasteiger partial charge in [0.05, 0.1) is 13.2 Å². The quantitative estimate of drug-likeness (QED) is 0.832. The van der Waals surface area contributed by atoms with E-state index in [1.54, 1.807) is 18.2 Å². The molecule has 0 aromatic heterocycles. The van der Waals surface area contributed by atoms with Crippen LogP contribution in [-0.4, -0.2) is 24.1 Å². The minimum absolute atomic E-state index is 0.00722.